The van der Waals surface area contributed by atoms with Crippen LogP contribution in [0.15, 0.2) is 6.33 Å². The van der Waals surface area contributed by atoms with E-state index >= 15 is 0 Å². The molecule has 0 spiro atoms. The minimum Gasteiger partial charge on any atom is -0.370 e. The summed E-state index contributed by atoms with van der Waals surface area (Å²) < 4.78 is 0. The Morgan fingerprint density at radius 3 is 2.55 bits per heavy atom. The van der Waals surface area contributed by atoms with Gasteiger partial charge in [-0.15, -0.1) is 0 Å². The van der Waals surface area contributed by atoms with Crippen molar-refractivity contribution in [3.8, 4) is 0 Å². The molecule has 0 aromatic carbocycles. The van der Waals surface area contributed by atoms with Gasteiger partial charge in [-0.2, -0.15) is 0 Å². The fourth-order valence-electron chi connectivity index (χ4n) is 2.39. The molecule has 1 aromatic rings. The summed E-state index contributed by atoms with van der Waals surface area (Å²) in [5, 5.41) is 6.42. The molecular weight excluding hydrogens is 254 g/mol. The van der Waals surface area contributed by atoms with Gasteiger partial charge in [-0.3, -0.25) is 4.79 Å². The molecule has 20 heavy (non-hydrogen) atoms. The Morgan fingerprint density at radius 1 is 1.25 bits per heavy atom. The molecule has 1 fully saturated rings. The number of nitrogens with zero attached hydrogens (tertiary/aromatic N) is 3. The molecule has 1 aromatic heterocycles. The van der Waals surface area contributed by atoms with E-state index in [0.717, 1.165) is 49.7 Å². The summed E-state index contributed by atoms with van der Waals surface area (Å²) in [6.45, 7) is 7.27. The SMILES string of the molecule is CCNc1ncnc(NCCC(=O)N2CCCC2)c1C. The van der Waals surface area contributed by atoms with Gasteiger partial charge in [0.2, 0.25) is 5.91 Å². The summed E-state index contributed by atoms with van der Waals surface area (Å²) in [7, 11) is 0. The van der Waals surface area contributed by atoms with Crippen molar-refractivity contribution < 1.29 is 4.79 Å². The van der Waals surface area contributed by atoms with Crippen molar-refractivity contribution in [3.05, 3.63) is 11.9 Å². The fraction of sp³-hybridized carbons (Fsp3) is 0.643. The summed E-state index contributed by atoms with van der Waals surface area (Å²) in [4.78, 5) is 22.3. The van der Waals surface area contributed by atoms with Gasteiger partial charge in [-0.1, -0.05) is 0 Å². The van der Waals surface area contributed by atoms with E-state index in [1.165, 1.54) is 6.33 Å². The molecule has 1 aliphatic rings. The molecular formula is C14H23N5O. The van der Waals surface area contributed by atoms with E-state index < -0.39 is 0 Å². The lowest BCUT2D eigenvalue weighted by Crippen LogP contribution is -2.29. The number of nitrogens with one attached hydrogen (secondary N) is 2. The van der Waals surface area contributed by atoms with Gasteiger partial charge in [0.25, 0.3) is 0 Å². The number of anilines is 2. The molecule has 2 N–H and O–H groups in total. The van der Waals surface area contributed by atoms with E-state index in [-0.39, 0.29) is 5.91 Å². The fourth-order valence-corrected chi connectivity index (χ4v) is 2.39. The predicted octanol–water partition coefficient (Wildman–Crippen LogP) is 1.64. The van der Waals surface area contributed by atoms with Crippen molar-refractivity contribution in [2.75, 3.05) is 36.8 Å². The van der Waals surface area contributed by atoms with Gasteiger partial charge in [-0.25, -0.2) is 9.97 Å². The lowest BCUT2D eigenvalue weighted by Gasteiger charge is -2.16. The Kier molecular flexibility index (Phi) is 5.15. The lowest BCUT2D eigenvalue weighted by atomic mass is 10.3. The second-order valence-electron chi connectivity index (χ2n) is 4.99. The molecule has 6 nitrogen and oxygen atoms in total. The number of aromatic nitrogens is 2. The first-order valence-corrected chi connectivity index (χ1v) is 7.29. The maximum Gasteiger partial charge on any atom is 0.224 e. The highest BCUT2D eigenvalue weighted by Crippen LogP contribution is 2.18. The van der Waals surface area contributed by atoms with Crippen LogP contribution in [0.2, 0.25) is 0 Å². The van der Waals surface area contributed by atoms with E-state index in [9.17, 15) is 4.79 Å². The first-order chi connectivity index (χ1) is 9.72. The number of hydrogen-bond acceptors (Lipinski definition) is 5. The monoisotopic (exact) mass is 277 g/mol. The van der Waals surface area contributed by atoms with Crippen molar-refractivity contribution in [1.82, 2.24) is 14.9 Å². The summed E-state index contributed by atoms with van der Waals surface area (Å²) in [5.41, 5.74) is 0.989. The van der Waals surface area contributed by atoms with Gasteiger partial charge >= 0.3 is 0 Å². The average molecular weight is 277 g/mol. The van der Waals surface area contributed by atoms with Crippen molar-refractivity contribution in [2.24, 2.45) is 0 Å². The van der Waals surface area contributed by atoms with Gasteiger partial charge in [0.1, 0.15) is 18.0 Å². The van der Waals surface area contributed by atoms with Crippen LogP contribution in [0, 0.1) is 6.92 Å². The molecule has 1 aliphatic heterocycles. The third-order valence-electron chi connectivity index (χ3n) is 3.52. The van der Waals surface area contributed by atoms with Gasteiger partial charge in [0.15, 0.2) is 0 Å². The number of hydrogen-bond donors (Lipinski definition) is 2. The third-order valence-corrected chi connectivity index (χ3v) is 3.52. The van der Waals surface area contributed by atoms with E-state index in [1.54, 1.807) is 0 Å². The molecule has 2 rings (SSSR count). The van der Waals surface area contributed by atoms with Crippen molar-refractivity contribution in [1.29, 1.82) is 0 Å². The van der Waals surface area contributed by atoms with E-state index in [2.05, 4.69) is 20.6 Å². The molecule has 2 heterocycles. The molecule has 1 saturated heterocycles. The third kappa shape index (κ3) is 3.59. The maximum absolute atomic E-state index is 11.9. The van der Waals surface area contributed by atoms with E-state index in [0.29, 0.717) is 13.0 Å². The molecule has 0 radical (unpaired) electrons. The van der Waals surface area contributed by atoms with Gasteiger partial charge < -0.3 is 15.5 Å². The average Bonchev–Trinajstić information content (AvgIpc) is 2.97. The Morgan fingerprint density at radius 2 is 1.90 bits per heavy atom. The molecule has 0 atom stereocenters. The van der Waals surface area contributed by atoms with Crippen LogP contribution in [0.5, 0.6) is 0 Å². The van der Waals surface area contributed by atoms with Crippen LogP contribution in [0.3, 0.4) is 0 Å². The highest BCUT2D eigenvalue weighted by atomic mass is 16.2. The zero-order valence-electron chi connectivity index (χ0n) is 12.3. The van der Waals surface area contributed by atoms with Crippen molar-refractivity contribution in [3.63, 3.8) is 0 Å². The largest absolute Gasteiger partial charge is 0.370 e. The van der Waals surface area contributed by atoms with Crippen molar-refractivity contribution >= 4 is 17.5 Å². The molecule has 6 heteroatoms. The van der Waals surface area contributed by atoms with Gasteiger partial charge in [-0.05, 0) is 26.7 Å². The first-order valence-electron chi connectivity index (χ1n) is 7.29. The first kappa shape index (κ1) is 14.6. The summed E-state index contributed by atoms with van der Waals surface area (Å²) in [6.07, 6.45) is 4.32. The van der Waals surface area contributed by atoms with Crippen LogP contribution >= 0.6 is 0 Å². The summed E-state index contributed by atoms with van der Waals surface area (Å²) in [6, 6.07) is 0. The van der Waals surface area contributed by atoms with Gasteiger partial charge in [0.05, 0.1) is 0 Å². The number of carbonyl (C=O) groups excluding carboxylic acids is 1. The number of rotatable bonds is 6. The summed E-state index contributed by atoms with van der Waals surface area (Å²) in [5.74, 6) is 1.87. The quantitative estimate of drug-likeness (QED) is 0.827. The molecule has 110 valence electrons. The zero-order valence-corrected chi connectivity index (χ0v) is 12.3. The van der Waals surface area contributed by atoms with Crippen LogP contribution < -0.4 is 10.6 Å². The van der Waals surface area contributed by atoms with Crippen LogP contribution in [-0.2, 0) is 4.79 Å². The van der Waals surface area contributed by atoms with E-state index in [1.807, 2.05) is 18.7 Å². The Bertz CT molecular complexity index is 457. The predicted molar refractivity (Wildman–Crippen MR) is 79.9 cm³/mol. The van der Waals surface area contributed by atoms with Crippen LogP contribution in [0.1, 0.15) is 31.7 Å². The molecule has 0 bridgehead atoms. The topological polar surface area (TPSA) is 70.1 Å². The standard InChI is InChI=1S/C14H23N5O/c1-3-15-13-11(2)14(18-10-17-13)16-7-6-12(20)19-8-4-5-9-19/h10H,3-9H2,1-2H3,(H2,15,16,17,18). The molecule has 1 amide bonds. The Hall–Kier alpha value is -1.85. The highest BCUT2D eigenvalue weighted by Gasteiger charge is 2.17. The van der Waals surface area contributed by atoms with E-state index in [4.69, 9.17) is 0 Å². The zero-order chi connectivity index (χ0) is 14.4. The smallest absolute Gasteiger partial charge is 0.224 e. The second kappa shape index (κ2) is 7.07. The van der Waals surface area contributed by atoms with Crippen LogP contribution in [-0.4, -0.2) is 47.0 Å². The minimum absolute atomic E-state index is 0.230. The molecule has 0 unspecified atom stereocenters. The minimum atomic E-state index is 0.230. The molecule has 0 aliphatic carbocycles. The number of amides is 1. The normalized spacial score (nSPS) is 14.4. The van der Waals surface area contributed by atoms with Crippen molar-refractivity contribution in [2.45, 2.75) is 33.1 Å². The Labute approximate surface area is 120 Å². The second-order valence-corrected chi connectivity index (χ2v) is 4.99. The van der Waals surface area contributed by atoms with Gasteiger partial charge in [0, 0.05) is 38.2 Å². The number of likely N-dealkylation sites (tertiary alicyclic amines) is 1. The van der Waals surface area contributed by atoms with Crippen LogP contribution in [0.4, 0.5) is 11.6 Å². The molecule has 0 saturated carbocycles. The Balaban J connectivity index is 1.84. The lowest BCUT2D eigenvalue weighted by molar-refractivity contribution is -0.129. The summed E-state index contributed by atoms with van der Waals surface area (Å²) >= 11 is 0. The van der Waals surface area contributed by atoms with Crippen LogP contribution in [0.25, 0.3) is 0 Å². The maximum atomic E-state index is 11.9. The number of carbonyl (C=O) groups is 1. The highest BCUT2D eigenvalue weighted by molar-refractivity contribution is 5.77.